The molecule has 1 fully saturated rings. The lowest BCUT2D eigenvalue weighted by Crippen LogP contribution is -2.50. The molecule has 5 nitrogen and oxygen atoms in total. The van der Waals surface area contributed by atoms with Gasteiger partial charge < -0.3 is 15.0 Å². The summed E-state index contributed by atoms with van der Waals surface area (Å²) in [5.74, 6) is 0.624. The van der Waals surface area contributed by atoms with E-state index < -0.39 is 6.04 Å². The summed E-state index contributed by atoms with van der Waals surface area (Å²) in [7, 11) is 0. The molecule has 0 aromatic heterocycles. The molecule has 184 valence electrons. The molecule has 0 radical (unpaired) electrons. The first-order valence-electron chi connectivity index (χ1n) is 12.1. The van der Waals surface area contributed by atoms with E-state index in [2.05, 4.69) is 5.32 Å². The maximum absolute atomic E-state index is 13.3. The second kappa shape index (κ2) is 13.0. The third-order valence-electron chi connectivity index (χ3n) is 6.25. The smallest absolute Gasteiger partial charge is 0.243 e. The molecule has 1 aliphatic rings. The van der Waals surface area contributed by atoms with Gasteiger partial charge in [-0.05, 0) is 62.4 Å². The molecule has 1 N–H and O–H groups in total. The lowest BCUT2D eigenvalue weighted by molar-refractivity contribution is -0.141. The Morgan fingerprint density at radius 3 is 2.44 bits per heavy atom. The molecule has 1 aliphatic carbocycles. The third-order valence-corrected chi connectivity index (χ3v) is 6.99. The van der Waals surface area contributed by atoms with Gasteiger partial charge in [-0.15, -0.1) is 0 Å². The number of aryl methyl sites for hydroxylation is 1. The van der Waals surface area contributed by atoms with E-state index in [4.69, 9.17) is 27.9 Å². The van der Waals surface area contributed by atoms with Gasteiger partial charge >= 0.3 is 0 Å². The highest BCUT2D eigenvalue weighted by atomic mass is 35.5. The normalized spacial score (nSPS) is 14.6. The summed E-state index contributed by atoms with van der Waals surface area (Å²) in [5.41, 5.74) is 2.01. The molecule has 34 heavy (non-hydrogen) atoms. The average Bonchev–Trinajstić information content (AvgIpc) is 3.33. The Morgan fingerprint density at radius 2 is 1.79 bits per heavy atom. The van der Waals surface area contributed by atoms with Crippen molar-refractivity contribution in [2.75, 3.05) is 6.61 Å². The molecule has 1 atom stereocenters. The summed E-state index contributed by atoms with van der Waals surface area (Å²) in [5, 5.41) is 4.05. The van der Waals surface area contributed by atoms with Crippen molar-refractivity contribution in [2.45, 2.75) is 77.4 Å². The minimum absolute atomic E-state index is 0.0769. The topological polar surface area (TPSA) is 58.6 Å². The number of halogens is 2. The molecule has 7 heteroatoms. The van der Waals surface area contributed by atoms with Crippen molar-refractivity contribution < 1.29 is 14.3 Å². The standard InChI is InChI=1S/C27H34Cl2N2O3/c1-3-25(27(33)30-21-7-4-5-8-21)31(18-20-12-15-23(28)24(29)17-20)26(32)9-6-16-34-22-13-10-19(2)11-14-22/h10-15,17,21,25H,3-9,16,18H2,1-2H3,(H,30,33)/t25-/m1/s1. The second-order valence-electron chi connectivity index (χ2n) is 8.95. The van der Waals surface area contributed by atoms with Gasteiger partial charge in [-0.2, -0.15) is 0 Å². The highest BCUT2D eigenvalue weighted by molar-refractivity contribution is 6.42. The van der Waals surface area contributed by atoms with Gasteiger partial charge in [-0.25, -0.2) is 0 Å². The number of carbonyl (C=O) groups excluding carboxylic acids is 2. The lowest BCUT2D eigenvalue weighted by atomic mass is 10.1. The summed E-state index contributed by atoms with van der Waals surface area (Å²) in [6, 6.07) is 12.8. The number of benzene rings is 2. The molecule has 2 aromatic carbocycles. The van der Waals surface area contributed by atoms with Crippen molar-refractivity contribution in [1.82, 2.24) is 10.2 Å². The van der Waals surface area contributed by atoms with Gasteiger partial charge in [0.05, 0.1) is 16.7 Å². The molecule has 2 aromatic rings. The van der Waals surface area contributed by atoms with E-state index in [1.165, 1.54) is 5.56 Å². The number of ether oxygens (including phenoxy) is 1. The van der Waals surface area contributed by atoms with Gasteiger partial charge in [0, 0.05) is 19.0 Å². The summed E-state index contributed by atoms with van der Waals surface area (Å²) in [4.78, 5) is 28.2. The van der Waals surface area contributed by atoms with Crippen LogP contribution in [0.15, 0.2) is 42.5 Å². The summed E-state index contributed by atoms with van der Waals surface area (Å²) < 4.78 is 5.78. The van der Waals surface area contributed by atoms with Crippen molar-refractivity contribution in [2.24, 2.45) is 0 Å². The third kappa shape index (κ3) is 7.64. The number of nitrogens with zero attached hydrogens (tertiary/aromatic N) is 1. The summed E-state index contributed by atoms with van der Waals surface area (Å²) in [6.07, 6.45) is 5.65. The van der Waals surface area contributed by atoms with Gasteiger partial charge in [-0.1, -0.05) is 66.7 Å². The van der Waals surface area contributed by atoms with Crippen molar-refractivity contribution in [3.05, 3.63) is 63.6 Å². The van der Waals surface area contributed by atoms with Crippen LogP contribution in [0.4, 0.5) is 0 Å². The van der Waals surface area contributed by atoms with Crippen LogP contribution >= 0.6 is 23.2 Å². The van der Waals surface area contributed by atoms with E-state index in [9.17, 15) is 9.59 Å². The van der Waals surface area contributed by atoms with Crippen LogP contribution in [0.1, 0.15) is 63.0 Å². The average molecular weight is 505 g/mol. The molecule has 2 amide bonds. The van der Waals surface area contributed by atoms with Gasteiger partial charge in [0.2, 0.25) is 11.8 Å². The van der Waals surface area contributed by atoms with Gasteiger partial charge in [-0.3, -0.25) is 9.59 Å². The lowest BCUT2D eigenvalue weighted by Gasteiger charge is -2.31. The fraction of sp³-hybridized carbons (Fsp3) is 0.481. The molecule has 0 saturated heterocycles. The molecule has 0 bridgehead atoms. The first-order chi connectivity index (χ1) is 16.4. The van der Waals surface area contributed by atoms with Crippen molar-refractivity contribution >= 4 is 35.0 Å². The number of nitrogens with one attached hydrogen (secondary N) is 1. The number of hydrogen-bond donors (Lipinski definition) is 1. The van der Waals surface area contributed by atoms with Crippen LogP contribution in [0.5, 0.6) is 5.75 Å². The zero-order valence-electron chi connectivity index (χ0n) is 20.0. The SMILES string of the molecule is CC[C@H](C(=O)NC1CCCC1)N(Cc1ccc(Cl)c(Cl)c1)C(=O)CCCOc1ccc(C)cc1. The van der Waals surface area contributed by atoms with Crippen LogP contribution in [0.3, 0.4) is 0 Å². The number of amides is 2. The van der Waals surface area contributed by atoms with Crippen LogP contribution in [0.2, 0.25) is 10.0 Å². The van der Waals surface area contributed by atoms with E-state index in [-0.39, 0.29) is 17.9 Å². The zero-order chi connectivity index (χ0) is 24.5. The Bertz CT molecular complexity index is 959. The van der Waals surface area contributed by atoms with E-state index in [0.29, 0.717) is 42.5 Å². The maximum Gasteiger partial charge on any atom is 0.243 e. The quantitative estimate of drug-likeness (QED) is 0.363. The molecule has 0 aliphatic heterocycles. The van der Waals surface area contributed by atoms with Crippen LogP contribution in [0.25, 0.3) is 0 Å². The Labute approximate surface area is 212 Å². The van der Waals surface area contributed by atoms with E-state index in [0.717, 1.165) is 37.0 Å². The fourth-order valence-corrected chi connectivity index (χ4v) is 4.63. The first kappa shape index (κ1) is 26.4. The van der Waals surface area contributed by atoms with Crippen LogP contribution in [-0.2, 0) is 16.1 Å². The molecule has 0 spiro atoms. The van der Waals surface area contributed by atoms with Gasteiger partial charge in [0.1, 0.15) is 11.8 Å². The summed E-state index contributed by atoms with van der Waals surface area (Å²) in [6.45, 7) is 4.69. The highest BCUT2D eigenvalue weighted by Crippen LogP contribution is 2.25. The molecular formula is C27H34Cl2N2O3. The van der Waals surface area contributed by atoms with E-state index in [1.54, 1.807) is 17.0 Å². The van der Waals surface area contributed by atoms with Gasteiger partial charge in [0.15, 0.2) is 0 Å². The fourth-order valence-electron chi connectivity index (χ4n) is 4.31. The van der Waals surface area contributed by atoms with Crippen molar-refractivity contribution in [3.8, 4) is 5.75 Å². The minimum atomic E-state index is -0.541. The Morgan fingerprint density at radius 1 is 1.09 bits per heavy atom. The number of carbonyl (C=O) groups is 2. The van der Waals surface area contributed by atoms with E-state index >= 15 is 0 Å². The number of rotatable bonds is 11. The zero-order valence-corrected chi connectivity index (χ0v) is 21.5. The highest BCUT2D eigenvalue weighted by Gasteiger charge is 2.30. The monoisotopic (exact) mass is 504 g/mol. The molecule has 1 saturated carbocycles. The Kier molecular flexibility index (Phi) is 10.1. The molecular weight excluding hydrogens is 471 g/mol. The minimum Gasteiger partial charge on any atom is -0.494 e. The van der Waals surface area contributed by atoms with Crippen LogP contribution < -0.4 is 10.1 Å². The van der Waals surface area contributed by atoms with Crippen molar-refractivity contribution in [1.29, 1.82) is 0 Å². The second-order valence-corrected chi connectivity index (χ2v) is 9.76. The van der Waals surface area contributed by atoms with Gasteiger partial charge in [0.25, 0.3) is 0 Å². The van der Waals surface area contributed by atoms with Crippen molar-refractivity contribution in [3.63, 3.8) is 0 Å². The largest absolute Gasteiger partial charge is 0.494 e. The maximum atomic E-state index is 13.3. The molecule has 0 heterocycles. The molecule has 0 unspecified atom stereocenters. The van der Waals surface area contributed by atoms with E-state index in [1.807, 2.05) is 44.2 Å². The molecule has 3 rings (SSSR count). The predicted molar refractivity (Wildman–Crippen MR) is 137 cm³/mol. The van der Waals surface area contributed by atoms with Crippen LogP contribution in [0, 0.1) is 6.92 Å². The van der Waals surface area contributed by atoms with Crippen LogP contribution in [-0.4, -0.2) is 35.4 Å². The Hall–Kier alpha value is -2.24. The summed E-state index contributed by atoms with van der Waals surface area (Å²) >= 11 is 12.3. The Balaban J connectivity index is 1.66. The first-order valence-corrected chi connectivity index (χ1v) is 12.9. The number of hydrogen-bond acceptors (Lipinski definition) is 3. The predicted octanol–water partition coefficient (Wildman–Crippen LogP) is 6.33.